The molecule has 3 rings (SSSR count). The molecule has 0 saturated heterocycles. The van der Waals surface area contributed by atoms with Crippen LogP contribution in [0.15, 0.2) is 58.9 Å². The molecule has 0 aliphatic carbocycles. The number of ether oxygens (including phenoxy) is 1. The van der Waals surface area contributed by atoms with Crippen LogP contribution in [0.2, 0.25) is 0 Å². The Morgan fingerprint density at radius 2 is 1.89 bits per heavy atom. The van der Waals surface area contributed by atoms with Crippen LogP contribution in [0.5, 0.6) is 5.75 Å². The average molecular weight is 419 g/mol. The average Bonchev–Trinajstić information content (AvgIpc) is 3.15. The molecule has 28 heavy (non-hydrogen) atoms. The van der Waals surface area contributed by atoms with Gasteiger partial charge in [0, 0.05) is 12.1 Å². The first-order valence-electron chi connectivity index (χ1n) is 8.33. The second-order valence-corrected chi connectivity index (χ2v) is 8.67. The van der Waals surface area contributed by atoms with E-state index in [1.165, 1.54) is 0 Å². The van der Waals surface area contributed by atoms with Gasteiger partial charge in [-0.25, -0.2) is 13.1 Å². The summed E-state index contributed by atoms with van der Waals surface area (Å²) in [6.07, 6.45) is 0. The van der Waals surface area contributed by atoms with Crippen LogP contribution in [0.1, 0.15) is 15.9 Å². The van der Waals surface area contributed by atoms with Gasteiger partial charge in [-0.2, -0.15) is 0 Å². The van der Waals surface area contributed by atoms with Crippen LogP contribution < -0.4 is 14.8 Å². The van der Waals surface area contributed by atoms with Gasteiger partial charge in [-0.15, -0.1) is 10.2 Å². The predicted molar refractivity (Wildman–Crippen MR) is 106 cm³/mol. The Balaban J connectivity index is 1.53. The van der Waals surface area contributed by atoms with E-state index in [-0.39, 0.29) is 28.5 Å². The third-order valence-electron chi connectivity index (χ3n) is 3.55. The molecule has 1 aromatic heterocycles. The number of anilines is 1. The molecule has 0 spiro atoms. The number of hydrogen-bond donors (Lipinski definition) is 2. The number of hydrogen-bond acceptors (Lipinski definition) is 7. The molecule has 1 heterocycles. The molecular formula is C18H18N4O4S2. The normalized spacial score (nSPS) is 11.2. The van der Waals surface area contributed by atoms with Crippen LogP contribution in [-0.2, 0) is 10.0 Å². The van der Waals surface area contributed by atoms with Crippen molar-refractivity contribution in [1.29, 1.82) is 0 Å². The first-order valence-corrected chi connectivity index (χ1v) is 10.6. The highest BCUT2D eigenvalue weighted by Gasteiger charge is 2.20. The first-order chi connectivity index (χ1) is 13.4. The minimum atomic E-state index is -3.84. The van der Waals surface area contributed by atoms with Gasteiger partial charge in [0.2, 0.25) is 9.47 Å². The van der Waals surface area contributed by atoms with Crippen molar-refractivity contribution in [2.24, 2.45) is 0 Å². The lowest BCUT2D eigenvalue weighted by molar-refractivity contribution is 0.102. The fraction of sp³-hybridized carbons (Fsp3) is 0.167. The molecular weight excluding hydrogens is 400 g/mol. The second kappa shape index (κ2) is 8.91. The third kappa shape index (κ3) is 5.35. The van der Waals surface area contributed by atoms with Crippen LogP contribution >= 0.6 is 11.3 Å². The summed E-state index contributed by atoms with van der Waals surface area (Å²) in [5.74, 6) is 0.279. The molecule has 3 aromatic rings. The molecule has 146 valence electrons. The van der Waals surface area contributed by atoms with Gasteiger partial charge in [0.15, 0.2) is 0 Å². The van der Waals surface area contributed by atoms with Gasteiger partial charge in [0.05, 0.1) is 0 Å². The Morgan fingerprint density at radius 3 is 2.64 bits per heavy atom. The van der Waals surface area contributed by atoms with Gasteiger partial charge in [-0.3, -0.25) is 10.1 Å². The minimum absolute atomic E-state index is 0.0710. The summed E-state index contributed by atoms with van der Waals surface area (Å²) in [7, 11) is -3.84. The van der Waals surface area contributed by atoms with Crippen molar-refractivity contribution in [2.45, 2.75) is 11.3 Å². The summed E-state index contributed by atoms with van der Waals surface area (Å²) in [6.45, 7) is 2.18. The van der Waals surface area contributed by atoms with Gasteiger partial charge >= 0.3 is 0 Å². The maximum absolute atomic E-state index is 12.3. The highest BCUT2D eigenvalue weighted by atomic mass is 32.2. The molecule has 0 unspecified atom stereocenters. The van der Waals surface area contributed by atoms with E-state index in [0.717, 1.165) is 16.9 Å². The Labute approximate surface area is 166 Å². The number of amides is 1. The molecule has 0 atom stereocenters. The summed E-state index contributed by atoms with van der Waals surface area (Å²) >= 11 is 0.774. The van der Waals surface area contributed by atoms with Gasteiger partial charge < -0.3 is 4.74 Å². The maximum Gasteiger partial charge on any atom is 0.269 e. The van der Waals surface area contributed by atoms with Crippen LogP contribution in [-0.4, -0.2) is 37.7 Å². The molecule has 0 fully saturated rings. The fourth-order valence-electron chi connectivity index (χ4n) is 2.24. The molecule has 2 aromatic carbocycles. The Bertz CT molecular complexity index is 1050. The van der Waals surface area contributed by atoms with Gasteiger partial charge in [0.25, 0.3) is 15.9 Å². The SMILES string of the molecule is Cc1cccc(OCCNS(=O)(=O)c2nnc(NC(=O)c3ccccc3)s2)c1. The first kappa shape index (κ1) is 19.9. The minimum Gasteiger partial charge on any atom is -0.492 e. The zero-order chi connectivity index (χ0) is 20.0. The molecule has 10 heteroatoms. The lowest BCUT2D eigenvalue weighted by Crippen LogP contribution is -2.28. The van der Waals surface area contributed by atoms with E-state index in [1.807, 2.05) is 25.1 Å². The van der Waals surface area contributed by atoms with Crippen LogP contribution in [0.25, 0.3) is 0 Å². The lowest BCUT2D eigenvalue weighted by Gasteiger charge is -2.07. The number of aryl methyl sites for hydroxylation is 1. The van der Waals surface area contributed by atoms with Crippen LogP contribution in [0.3, 0.4) is 0 Å². The molecule has 0 saturated carbocycles. The summed E-state index contributed by atoms with van der Waals surface area (Å²) < 4.78 is 32.3. The lowest BCUT2D eigenvalue weighted by atomic mass is 10.2. The van der Waals surface area contributed by atoms with Crippen molar-refractivity contribution in [3.63, 3.8) is 0 Å². The summed E-state index contributed by atoms with van der Waals surface area (Å²) in [5, 5.41) is 10.0. The van der Waals surface area contributed by atoms with E-state index in [2.05, 4.69) is 20.2 Å². The van der Waals surface area contributed by atoms with Crippen molar-refractivity contribution in [3.8, 4) is 5.75 Å². The highest BCUT2D eigenvalue weighted by molar-refractivity contribution is 7.91. The summed E-state index contributed by atoms with van der Waals surface area (Å²) in [5.41, 5.74) is 1.49. The van der Waals surface area contributed by atoms with Crippen molar-refractivity contribution in [1.82, 2.24) is 14.9 Å². The quantitative estimate of drug-likeness (QED) is 0.429. The van der Waals surface area contributed by atoms with Gasteiger partial charge in [-0.1, -0.05) is 41.7 Å². The maximum atomic E-state index is 12.3. The van der Waals surface area contributed by atoms with E-state index in [9.17, 15) is 13.2 Å². The van der Waals surface area contributed by atoms with Crippen molar-refractivity contribution >= 4 is 32.4 Å². The van der Waals surface area contributed by atoms with E-state index in [4.69, 9.17) is 4.74 Å². The smallest absolute Gasteiger partial charge is 0.269 e. The molecule has 2 N–H and O–H groups in total. The number of aromatic nitrogens is 2. The second-order valence-electron chi connectivity index (χ2n) is 5.76. The number of carbonyl (C=O) groups excluding carboxylic acids is 1. The number of benzene rings is 2. The fourth-order valence-corrected chi connectivity index (χ4v) is 4.19. The zero-order valence-corrected chi connectivity index (χ0v) is 16.6. The van der Waals surface area contributed by atoms with Crippen molar-refractivity contribution in [3.05, 3.63) is 65.7 Å². The monoisotopic (exact) mass is 418 g/mol. The molecule has 1 amide bonds. The van der Waals surface area contributed by atoms with Gasteiger partial charge in [-0.05, 0) is 36.8 Å². The molecule has 0 radical (unpaired) electrons. The largest absolute Gasteiger partial charge is 0.492 e. The highest BCUT2D eigenvalue weighted by Crippen LogP contribution is 2.20. The van der Waals surface area contributed by atoms with E-state index in [0.29, 0.717) is 11.3 Å². The topological polar surface area (TPSA) is 110 Å². The van der Waals surface area contributed by atoms with Crippen molar-refractivity contribution in [2.75, 3.05) is 18.5 Å². The number of nitrogens with zero attached hydrogens (tertiary/aromatic N) is 2. The standard InChI is InChI=1S/C18H18N4O4S2/c1-13-6-5-9-15(12-13)26-11-10-19-28(24,25)18-22-21-17(27-18)20-16(23)14-7-3-2-4-8-14/h2-9,12,19H,10-11H2,1H3,(H,20,21,23). The molecule has 0 aliphatic heterocycles. The molecule has 0 aliphatic rings. The summed E-state index contributed by atoms with van der Waals surface area (Å²) in [6, 6.07) is 16.0. The number of rotatable bonds is 8. The Hall–Kier alpha value is -2.82. The molecule has 0 bridgehead atoms. The number of carbonyl (C=O) groups is 1. The molecule has 8 nitrogen and oxygen atoms in total. The Kier molecular flexibility index (Phi) is 6.34. The van der Waals surface area contributed by atoms with E-state index >= 15 is 0 Å². The van der Waals surface area contributed by atoms with E-state index in [1.54, 1.807) is 36.4 Å². The van der Waals surface area contributed by atoms with Crippen molar-refractivity contribution < 1.29 is 17.9 Å². The zero-order valence-electron chi connectivity index (χ0n) is 15.0. The number of nitrogens with one attached hydrogen (secondary N) is 2. The van der Waals surface area contributed by atoms with Crippen LogP contribution in [0, 0.1) is 6.92 Å². The number of sulfonamides is 1. The predicted octanol–water partition coefficient (Wildman–Crippen LogP) is 2.46. The van der Waals surface area contributed by atoms with E-state index < -0.39 is 10.0 Å². The third-order valence-corrected chi connectivity index (χ3v) is 6.21. The van der Waals surface area contributed by atoms with Gasteiger partial charge in [0.1, 0.15) is 12.4 Å². The summed E-state index contributed by atoms with van der Waals surface area (Å²) in [4.78, 5) is 12.1. The Morgan fingerprint density at radius 1 is 1.11 bits per heavy atom. The van der Waals surface area contributed by atoms with Crippen LogP contribution in [0.4, 0.5) is 5.13 Å².